The Morgan fingerprint density at radius 3 is 2.90 bits per heavy atom. The van der Waals surface area contributed by atoms with Crippen LogP contribution < -0.4 is 10.9 Å². The molecule has 0 saturated heterocycles. The molecule has 106 valence electrons. The van der Waals surface area contributed by atoms with Gasteiger partial charge in [-0.15, -0.1) is 0 Å². The molecule has 0 spiro atoms. The highest BCUT2D eigenvalue weighted by Gasteiger charge is 2.04. The summed E-state index contributed by atoms with van der Waals surface area (Å²) in [6.45, 7) is 2.27. The average molecular weight is 283 g/mol. The normalized spacial score (nSPS) is 10.8. The number of rotatable bonds is 3. The molecule has 1 aromatic carbocycles. The Morgan fingerprint density at radius 2 is 2.10 bits per heavy atom. The lowest BCUT2D eigenvalue weighted by Crippen LogP contribution is -2.17. The molecule has 2 heterocycles. The van der Waals surface area contributed by atoms with Gasteiger partial charge < -0.3 is 5.32 Å². The summed E-state index contributed by atoms with van der Waals surface area (Å²) in [4.78, 5) is 16.5. The van der Waals surface area contributed by atoms with Gasteiger partial charge in [0.15, 0.2) is 0 Å². The van der Waals surface area contributed by atoms with Crippen molar-refractivity contribution in [2.24, 2.45) is 0 Å². The summed E-state index contributed by atoms with van der Waals surface area (Å²) >= 11 is 0. The number of pyridine rings is 1. The van der Waals surface area contributed by atoms with Crippen LogP contribution in [0.15, 0.2) is 53.5 Å². The first-order valence-corrected chi connectivity index (χ1v) is 6.61. The van der Waals surface area contributed by atoms with E-state index in [0.717, 1.165) is 5.56 Å². The molecule has 0 unspecified atom stereocenters. The SMILES string of the molecule is Cc1cccn2c(=O)cc(CNc3cccc(F)c3)nc12. The van der Waals surface area contributed by atoms with Crippen molar-refractivity contribution in [1.29, 1.82) is 0 Å². The van der Waals surface area contributed by atoms with E-state index in [2.05, 4.69) is 10.3 Å². The first-order chi connectivity index (χ1) is 10.1. The van der Waals surface area contributed by atoms with E-state index >= 15 is 0 Å². The van der Waals surface area contributed by atoms with Crippen LogP contribution >= 0.6 is 0 Å². The van der Waals surface area contributed by atoms with E-state index in [-0.39, 0.29) is 11.4 Å². The molecule has 0 atom stereocenters. The standard InChI is InChI=1S/C16H14FN3O/c1-11-4-3-7-20-15(21)9-14(19-16(11)20)10-18-13-6-2-5-12(17)8-13/h2-9,18H,10H2,1H3. The van der Waals surface area contributed by atoms with Crippen molar-refractivity contribution < 1.29 is 4.39 Å². The third-order valence-electron chi connectivity index (χ3n) is 3.24. The second kappa shape index (κ2) is 5.36. The third kappa shape index (κ3) is 2.76. The van der Waals surface area contributed by atoms with Gasteiger partial charge in [-0.05, 0) is 36.8 Å². The Bertz CT molecular complexity index is 858. The number of nitrogens with zero attached hydrogens (tertiary/aromatic N) is 2. The topological polar surface area (TPSA) is 46.4 Å². The van der Waals surface area contributed by atoms with Gasteiger partial charge in [0.05, 0.1) is 12.2 Å². The molecule has 3 rings (SSSR count). The minimum atomic E-state index is -0.303. The van der Waals surface area contributed by atoms with Gasteiger partial charge in [0.2, 0.25) is 0 Å². The van der Waals surface area contributed by atoms with Gasteiger partial charge in [-0.2, -0.15) is 0 Å². The van der Waals surface area contributed by atoms with Gasteiger partial charge in [0.1, 0.15) is 11.5 Å². The monoisotopic (exact) mass is 283 g/mol. The number of benzene rings is 1. The lowest BCUT2D eigenvalue weighted by Gasteiger charge is -2.08. The summed E-state index contributed by atoms with van der Waals surface area (Å²) < 4.78 is 14.6. The molecule has 1 N–H and O–H groups in total. The molecule has 21 heavy (non-hydrogen) atoms. The zero-order chi connectivity index (χ0) is 14.8. The molecule has 5 heteroatoms. The Kier molecular flexibility index (Phi) is 3.39. The van der Waals surface area contributed by atoms with Crippen LogP contribution in [0.3, 0.4) is 0 Å². The highest BCUT2D eigenvalue weighted by molar-refractivity contribution is 5.48. The van der Waals surface area contributed by atoms with E-state index in [1.165, 1.54) is 22.6 Å². The molecule has 0 bridgehead atoms. The molecular formula is C16H14FN3O. The van der Waals surface area contributed by atoms with Crippen molar-refractivity contribution in [3.8, 4) is 0 Å². The van der Waals surface area contributed by atoms with Crippen molar-refractivity contribution in [1.82, 2.24) is 9.38 Å². The van der Waals surface area contributed by atoms with E-state index in [9.17, 15) is 9.18 Å². The summed E-state index contributed by atoms with van der Waals surface area (Å²) in [7, 11) is 0. The van der Waals surface area contributed by atoms with Crippen LogP contribution in [-0.2, 0) is 6.54 Å². The summed E-state index contributed by atoms with van der Waals surface area (Å²) in [5, 5.41) is 3.06. The molecule has 0 fully saturated rings. The highest BCUT2D eigenvalue weighted by atomic mass is 19.1. The summed E-state index contributed by atoms with van der Waals surface area (Å²) in [6, 6.07) is 11.4. The first-order valence-electron chi connectivity index (χ1n) is 6.61. The van der Waals surface area contributed by atoms with Gasteiger partial charge in [0, 0.05) is 18.0 Å². The number of halogens is 1. The Labute approximate surface area is 120 Å². The van der Waals surface area contributed by atoms with Crippen LogP contribution in [0, 0.1) is 12.7 Å². The molecule has 0 aliphatic heterocycles. The second-order valence-corrected chi connectivity index (χ2v) is 4.83. The number of nitrogens with one attached hydrogen (secondary N) is 1. The molecular weight excluding hydrogens is 269 g/mol. The number of fused-ring (bicyclic) bond motifs is 1. The Balaban J connectivity index is 1.91. The maximum Gasteiger partial charge on any atom is 0.258 e. The summed E-state index contributed by atoms with van der Waals surface area (Å²) in [5.74, 6) is -0.303. The molecule has 0 amide bonds. The molecule has 0 saturated carbocycles. The van der Waals surface area contributed by atoms with Crippen molar-refractivity contribution in [3.63, 3.8) is 0 Å². The predicted molar refractivity (Wildman–Crippen MR) is 79.9 cm³/mol. The minimum absolute atomic E-state index is 0.125. The van der Waals surface area contributed by atoms with E-state index < -0.39 is 0 Å². The number of aryl methyl sites for hydroxylation is 1. The van der Waals surface area contributed by atoms with Crippen LogP contribution in [-0.4, -0.2) is 9.38 Å². The third-order valence-corrected chi connectivity index (χ3v) is 3.24. The predicted octanol–water partition coefficient (Wildman–Crippen LogP) is 2.75. The smallest absolute Gasteiger partial charge is 0.258 e. The van der Waals surface area contributed by atoms with E-state index in [1.54, 1.807) is 18.3 Å². The van der Waals surface area contributed by atoms with Gasteiger partial charge in [-0.1, -0.05) is 12.1 Å². The van der Waals surface area contributed by atoms with E-state index in [0.29, 0.717) is 23.6 Å². The number of hydrogen-bond acceptors (Lipinski definition) is 3. The molecule has 0 radical (unpaired) electrons. The van der Waals surface area contributed by atoms with Crippen LogP contribution in [0.5, 0.6) is 0 Å². The fourth-order valence-corrected chi connectivity index (χ4v) is 2.19. The summed E-state index contributed by atoms with van der Waals surface area (Å²) in [6.07, 6.45) is 1.70. The number of aromatic nitrogens is 2. The van der Waals surface area contributed by atoms with Crippen molar-refractivity contribution in [2.75, 3.05) is 5.32 Å². The van der Waals surface area contributed by atoms with Crippen molar-refractivity contribution in [3.05, 3.63) is 76.1 Å². The van der Waals surface area contributed by atoms with Crippen molar-refractivity contribution in [2.45, 2.75) is 13.5 Å². The van der Waals surface area contributed by atoms with Gasteiger partial charge in [-0.3, -0.25) is 9.20 Å². The van der Waals surface area contributed by atoms with Crippen LogP contribution in [0.4, 0.5) is 10.1 Å². The highest BCUT2D eigenvalue weighted by Crippen LogP contribution is 2.11. The number of hydrogen-bond donors (Lipinski definition) is 1. The van der Waals surface area contributed by atoms with Crippen LogP contribution in [0.1, 0.15) is 11.3 Å². The molecule has 2 aromatic heterocycles. The van der Waals surface area contributed by atoms with Gasteiger partial charge in [0.25, 0.3) is 5.56 Å². The fraction of sp³-hybridized carbons (Fsp3) is 0.125. The van der Waals surface area contributed by atoms with E-state index in [4.69, 9.17) is 0 Å². The maximum absolute atomic E-state index is 13.1. The Hall–Kier alpha value is -2.69. The van der Waals surface area contributed by atoms with Gasteiger partial charge in [-0.25, -0.2) is 9.37 Å². The molecule has 0 aliphatic rings. The van der Waals surface area contributed by atoms with E-state index in [1.807, 2.05) is 19.1 Å². The summed E-state index contributed by atoms with van der Waals surface area (Å²) in [5.41, 5.74) is 2.73. The fourth-order valence-electron chi connectivity index (χ4n) is 2.19. The first kappa shape index (κ1) is 13.3. The quantitative estimate of drug-likeness (QED) is 0.804. The number of anilines is 1. The van der Waals surface area contributed by atoms with Crippen LogP contribution in [0.25, 0.3) is 5.65 Å². The zero-order valence-corrected chi connectivity index (χ0v) is 11.5. The minimum Gasteiger partial charge on any atom is -0.379 e. The Morgan fingerprint density at radius 1 is 1.24 bits per heavy atom. The lowest BCUT2D eigenvalue weighted by atomic mass is 10.2. The lowest BCUT2D eigenvalue weighted by molar-refractivity contribution is 0.628. The van der Waals surface area contributed by atoms with Crippen LogP contribution in [0.2, 0.25) is 0 Å². The zero-order valence-electron chi connectivity index (χ0n) is 11.5. The second-order valence-electron chi connectivity index (χ2n) is 4.83. The molecule has 0 aliphatic carbocycles. The maximum atomic E-state index is 13.1. The molecule has 4 nitrogen and oxygen atoms in total. The largest absolute Gasteiger partial charge is 0.379 e. The molecule has 3 aromatic rings. The van der Waals surface area contributed by atoms with Gasteiger partial charge >= 0.3 is 0 Å². The van der Waals surface area contributed by atoms with Crippen molar-refractivity contribution >= 4 is 11.3 Å². The average Bonchev–Trinajstić information content (AvgIpc) is 2.46.